The van der Waals surface area contributed by atoms with Crippen LogP contribution in [-0.2, 0) is 40.0 Å². The molecule has 0 heterocycles. The number of rotatable bonds is 23. The average Bonchev–Trinajstić information content (AvgIpc) is 3.07. The van der Waals surface area contributed by atoms with Crippen LogP contribution in [0.15, 0.2) is 35.3 Å². The number of carbonyl (C=O) groups excluding carboxylic acids is 6. The first-order valence-corrected chi connectivity index (χ1v) is 17.2. The number of primary amides is 1. The Balaban J connectivity index is 3.22. The van der Waals surface area contributed by atoms with Crippen LogP contribution in [0.3, 0.4) is 0 Å². The zero-order chi connectivity index (χ0) is 39.5. The van der Waals surface area contributed by atoms with Crippen molar-refractivity contribution in [2.45, 2.75) is 109 Å². The van der Waals surface area contributed by atoms with Gasteiger partial charge in [0, 0.05) is 13.0 Å². The number of guanidine groups is 1. The van der Waals surface area contributed by atoms with E-state index in [0.717, 1.165) is 0 Å². The van der Waals surface area contributed by atoms with E-state index < -0.39 is 84.1 Å². The molecule has 14 N–H and O–H groups in total. The summed E-state index contributed by atoms with van der Waals surface area (Å²) in [5.74, 6) is -6.61. The van der Waals surface area contributed by atoms with Gasteiger partial charge in [-0.05, 0) is 43.6 Å². The summed E-state index contributed by atoms with van der Waals surface area (Å²) in [7, 11) is 0. The fourth-order valence-electron chi connectivity index (χ4n) is 4.94. The van der Waals surface area contributed by atoms with Gasteiger partial charge in [-0.2, -0.15) is 0 Å². The van der Waals surface area contributed by atoms with Crippen molar-refractivity contribution in [2.24, 2.45) is 39.8 Å². The second-order valence-corrected chi connectivity index (χ2v) is 13.2. The van der Waals surface area contributed by atoms with Crippen LogP contribution >= 0.6 is 0 Å². The second-order valence-electron chi connectivity index (χ2n) is 13.2. The summed E-state index contributed by atoms with van der Waals surface area (Å²) in [6.45, 7) is 8.78. The second kappa shape index (κ2) is 22.5. The first-order valence-electron chi connectivity index (χ1n) is 17.2. The predicted octanol–water partition coefficient (Wildman–Crippen LogP) is -1.89. The topological polar surface area (TPSA) is 316 Å². The molecule has 6 amide bonds. The number of carboxylic acids is 1. The number of aliphatic carboxylic acids is 1. The van der Waals surface area contributed by atoms with Crippen LogP contribution in [0, 0.1) is 11.8 Å². The van der Waals surface area contributed by atoms with Gasteiger partial charge in [-0.25, -0.2) is 4.79 Å². The van der Waals surface area contributed by atoms with Crippen molar-refractivity contribution < 1.29 is 38.7 Å². The van der Waals surface area contributed by atoms with E-state index >= 15 is 0 Å². The van der Waals surface area contributed by atoms with Crippen LogP contribution in [-0.4, -0.2) is 95.3 Å². The Hall–Kier alpha value is -5.26. The Morgan fingerprint density at radius 2 is 1.27 bits per heavy atom. The summed E-state index contributed by atoms with van der Waals surface area (Å²) < 4.78 is 0. The number of nitrogens with zero attached hydrogens (tertiary/aromatic N) is 1. The molecule has 0 radical (unpaired) electrons. The molecule has 0 bridgehead atoms. The van der Waals surface area contributed by atoms with Gasteiger partial charge >= 0.3 is 5.97 Å². The molecule has 0 saturated heterocycles. The van der Waals surface area contributed by atoms with Gasteiger partial charge in [0.05, 0.1) is 12.5 Å². The Kier molecular flexibility index (Phi) is 19.4. The molecular weight excluding hydrogens is 676 g/mol. The normalized spacial score (nSPS) is 15.0. The van der Waals surface area contributed by atoms with E-state index in [2.05, 4.69) is 31.6 Å². The molecule has 1 aromatic carbocycles. The van der Waals surface area contributed by atoms with Crippen molar-refractivity contribution in [3.63, 3.8) is 0 Å². The lowest BCUT2D eigenvalue weighted by Gasteiger charge is -2.27. The monoisotopic (exact) mass is 732 g/mol. The van der Waals surface area contributed by atoms with Gasteiger partial charge in [0.25, 0.3) is 0 Å². The first-order chi connectivity index (χ1) is 24.4. The van der Waals surface area contributed by atoms with Crippen LogP contribution < -0.4 is 49.5 Å². The third kappa shape index (κ3) is 16.6. The first kappa shape index (κ1) is 44.8. The number of nitrogens with one attached hydrogen (secondary N) is 5. The van der Waals surface area contributed by atoms with E-state index in [1.165, 1.54) is 6.92 Å². The fraction of sp³-hybridized carbons (Fsp3) is 0.588. The Morgan fingerprint density at radius 3 is 1.81 bits per heavy atom. The SMILES string of the molecule is CC[C@H](C)[C@H](N)C(=O)N[C@@H](C)C(=O)N[C@@H](CC(C)C)C(=O)N[C@@H](CC(N)=O)C(=O)N[C@@H](CCCN=C(N)N)C(=O)N[C@@H](Cc1ccccc1)C(=O)O. The molecule has 1 aromatic rings. The van der Waals surface area contributed by atoms with Crippen LogP contribution in [0.2, 0.25) is 0 Å². The Labute approximate surface area is 304 Å². The largest absolute Gasteiger partial charge is 0.480 e. The maximum atomic E-state index is 13.6. The number of hydrogen-bond donors (Lipinski definition) is 10. The van der Waals surface area contributed by atoms with Crippen molar-refractivity contribution in [3.05, 3.63) is 35.9 Å². The van der Waals surface area contributed by atoms with Crippen molar-refractivity contribution in [1.29, 1.82) is 0 Å². The van der Waals surface area contributed by atoms with Crippen molar-refractivity contribution in [1.82, 2.24) is 26.6 Å². The van der Waals surface area contributed by atoms with Crippen LogP contribution in [0.5, 0.6) is 0 Å². The zero-order valence-electron chi connectivity index (χ0n) is 30.5. The highest BCUT2D eigenvalue weighted by Crippen LogP contribution is 2.10. The number of carboxylic acid groups (broad SMARTS) is 1. The molecule has 0 spiro atoms. The van der Waals surface area contributed by atoms with E-state index in [4.69, 9.17) is 22.9 Å². The highest BCUT2D eigenvalue weighted by molar-refractivity contribution is 5.97. The van der Waals surface area contributed by atoms with Crippen LogP contribution in [0.1, 0.15) is 72.3 Å². The predicted molar refractivity (Wildman–Crippen MR) is 194 cm³/mol. The molecular formula is C34H56N10O8. The average molecular weight is 733 g/mol. The van der Waals surface area contributed by atoms with Crippen molar-refractivity contribution in [3.8, 4) is 0 Å². The lowest BCUT2D eigenvalue weighted by molar-refractivity contribution is -0.142. The molecule has 0 aliphatic rings. The van der Waals surface area contributed by atoms with E-state index in [9.17, 15) is 38.7 Å². The number of hydrogen-bond acceptors (Lipinski definition) is 9. The molecule has 0 aliphatic heterocycles. The molecule has 1 rings (SSSR count). The van der Waals surface area contributed by atoms with Gasteiger partial charge in [0.15, 0.2) is 5.96 Å². The maximum Gasteiger partial charge on any atom is 0.326 e. The number of amides is 6. The molecule has 0 saturated carbocycles. The molecule has 52 heavy (non-hydrogen) atoms. The van der Waals surface area contributed by atoms with Crippen molar-refractivity contribution >= 4 is 47.4 Å². The molecule has 0 aromatic heterocycles. The summed E-state index contributed by atoms with van der Waals surface area (Å²) in [6.07, 6.45) is 0.162. The molecule has 7 atom stereocenters. The fourth-order valence-corrected chi connectivity index (χ4v) is 4.94. The number of benzene rings is 1. The standard InChI is InChI=1S/C34H56N10O8/c1-6-19(4)27(36)32(50)40-20(5)28(46)42-23(15-18(2)3)30(48)43-24(17-26(35)45)31(49)41-22(13-10-14-39-34(37)38)29(47)44-25(33(51)52)16-21-11-8-7-9-12-21/h7-9,11-12,18-20,22-25,27H,6,10,13-17,36H2,1-5H3,(H2,35,45)(H,40,50)(H,41,49)(H,42,46)(H,43,48)(H,44,47)(H,51,52)(H4,37,38,39)/t19-,20-,22-,23-,24-,25-,27-/m0/s1. The van der Waals surface area contributed by atoms with E-state index in [1.807, 2.05) is 6.92 Å². The van der Waals surface area contributed by atoms with Gasteiger partial charge in [-0.15, -0.1) is 0 Å². The van der Waals surface area contributed by atoms with Crippen LogP contribution in [0.25, 0.3) is 0 Å². The van der Waals surface area contributed by atoms with Gasteiger partial charge in [-0.1, -0.05) is 64.4 Å². The van der Waals surface area contributed by atoms with Gasteiger partial charge in [-0.3, -0.25) is 33.8 Å². The smallest absolute Gasteiger partial charge is 0.326 e. The van der Waals surface area contributed by atoms with E-state index in [0.29, 0.717) is 12.0 Å². The van der Waals surface area contributed by atoms with E-state index in [-0.39, 0.29) is 50.0 Å². The lowest BCUT2D eigenvalue weighted by atomic mass is 9.99. The summed E-state index contributed by atoms with van der Waals surface area (Å²) in [5, 5.41) is 22.3. The third-order valence-corrected chi connectivity index (χ3v) is 8.17. The molecule has 290 valence electrons. The highest BCUT2D eigenvalue weighted by Gasteiger charge is 2.33. The third-order valence-electron chi connectivity index (χ3n) is 8.17. The lowest BCUT2D eigenvalue weighted by Crippen LogP contribution is -2.59. The Morgan fingerprint density at radius 1 is 0.731 bits per heavy atom. The van der Waals surface area contributed by atoms with Gasteiger partial charge in [0.1, 0.15) is 30.2 Å². The minimum atomic E-state index is -1.59. The molecule has 18 nitrogen and oxygen atoms in total. The minimum absolute atomic E-state index is 0.0487. The highest BCUT2D eigenvalue weighted by atomic mass is 16.4. The summed E-state index contributed by atoms with van der Waals surface area (Å²) in [6, 6.07) is 1.19. The maximum absolute atomic E-state index is 13.6. The summed E-state index contributed by atoms with van der Waals surface area (Å²) in [5.41, 5.74) is 22.8. The summed E-state index contributed by atoms with van der Waals surface area (Å²) >= 11 is 0. The molecule has 0 fully saturated rings. The van der Waals surface area contributed by atoms with Crippen LogP contribution in [0.4, 0.5) is 0 Å². The minimum Gasteiger partial charge on any atom is -0.480 e. The quantitative estimate of drug-likeness (QED) is 0.0337. The molecule has 18 heteroatoms. The molecule has 0 unspecified atom stereocenters. The number of carbonyl (C=O) groups is 7. The zero-order valence-corrected chi connectivity index (χ0v) is 30.5. The van der Waals surface area contributed by atoms with Gasteiger partial charge < -0.3 is 54.6 Å². The van der Waals surface area contributed by atoms with Gasteiger partial charge in [0.2, 0.25) is 35.4 Å². The number of aliphatic imine (C=N–C) groups is 1. The van der Waals surface area contributed by atoms with E-state index in [1.54, 1.807) is 51.1 Å². The Bertz CT molecular complexity index is 1400. The summed E-state index contributed by atoms with van der Waals surface area (Å²) in [4.78, 5) is 94.1. The molecule has 0 aliphatic carbocycles. The number of nitrogens with two attached hydrogens (primary N) is 4. The van der Waals surface area contributed by atoms with Crippen molar-refractivity contribution in [2.75, 3.05) is 6.54 Å².